The van der Waals surface area contributed by atoms with E-state index in [1.54, 1.807) is 0 Å². The van der Waals surface area contributed by atoms with Crippen molar-refractivity contribution in [3.8, 4) is 0 Å². The molecule has 0 bridgehead atoms. The van der Waals surface area contributed by atoms with Gasteiger partial charge in [-0.05, 0) is 48.3 Å². The topological polar surface area (TPSA) is 52.6 Å². The number of carbonyl (C=O) groups excluding carboxylic acids is 1. The zero-order valence-corrected chi connectivity index (χ0v) is 19.7. The minimum atomic E-state index is 0.122. The molecule has 1 aromatic carbocycles. The number of thiophene rings is 1. The van der Waals surface area contributed by atoms with Gasteiger partial charge in [-0.1, -0.05) is 30.3 Å². The van der Waals surface area contributed by atoms with Crippen LogP contribution < -0.4 is 9.80 Å². The van der Waals surface area contributed by atoms with Gasteiger partial charge in [0.2, 0.25) is 5.95 Å². The Morgan fingerprint density at radius 3 is 2.48 bits per heavy atom. The van der Waals surface area contributed by atoms with Crippen LogP contribution >= 0.6 is 11.3 Å². The second kappa shape index (κ2) is 8.78. The van der Waals surface area contributed by atoms with E-state index in [2.05, 4.69) is 34.1 Å². The fourth-order valence-electron chi connectivity index (χ4n) is 5.29. The maximum Gasteiger partial charge on any atom is 0.264 e. The number of rotatable bonds is 3. The molecule has 1 fully saturated rings. The summed E-state index contributed by atoms with van der Waals surface area (Å²) in [6.45, 7) is 5.17. The summed E-state index contributed by atoms with van der Waals surface area (Å²) < 4.78 is 0. The van der Waals surface area contributed by atoms with Crippen molar-refractivity contribution in [3.05, 3.63) is 69.0 Å². The average Bonchev–Trinajstić information content (AvgIpc) is 3.43. The van der Waals surface area contributed by atoms with Crippen molar-refractivity contribution < 1.29 is 4.79 Å². The molecule has 0 atom stereocenters. The Hall–Kier alpha value is -2.93. The monoisotopic (exact) mass is 459 g/mol. The molecule has 0 radical (unpaired) electrons. The van der Waals surface area contributed by atoms with Gasteiger partial charge in [-0.2, -0.15) is 4.98 Å². The molecule has 7 heteroatoms. The van der Waals surface area contributed by atoms with Crippen molar-refractivity contribution in [1.29, 1.82) is 0 Å². The molecule has 0 aliphatic carbocycles. The van der Waals surface area contributed by atoms with Crippen LogP contribution in [0.5, 0.6) is 0 Å². The molecule has 1 amide bonds. The summed E-state index contributed by atoms with van der Waals surface area (Å²) in [5.41, 5.74) is 5.08. The molecule has 1 saturated heterocycles. The molecule has 170 valence electrons. The van der Waals surface area contributed by atoms with Gasteiger partial charge in [0.25, 0.3) is 5.91 Å². The van der Waals surface area contributed by atoms with Gasteiger partial charge in [-0.3, -0.25) is 4.79 Å². The van der Waals surface area contributed by atoms with Crippen LogP contribution in [-0.4, -0.2) is 47.0 Å². The summed E-state index contributed by atoms with van der Waals surface area (Å²) in [6.07, 6.45) is 5.49. The number of fused-ring (bicyclic) bond motifs is 2. The quantitative estimate of drug-likeness (QED) is 0.585. The van der Waals surface area contributed by atoms with Crippen LogP contribution in [0.1, 0.15) is 51.3 Å². The third-order valence-electron chi connectivity index (χ3n) is 7.11. The predicted octanol–water partition coefficient (Wildman–Crippen LogP) is 4.29. The normalized spacial score (nSPS) is 18.1. The number of amides is 1. The number of hydrogen-bond acceptors (Lipinski definition) is 6. The fraction of sp³-hybridized carbons (Fsp3) is 0.423. The lowest BCUT2D eigenvalue weighted by Crippen LogP contribution is -2.40. The minimum absolute atomic E-state index is 0.122. The smallest absolute Gasteiger partial charge is 0.264 e. The zero-order valence-electron chi connectivity index (χ0n) is 18.9. The molecule has 0 unspecified atom stereocenters. The van der Waals surface area contributed by atoms with E-state index in [0.717, 1.165) is 66.9 Å². The van der Waals surface area contributed by atoms with Gasteiger partial charge < -0.3 is 14.7 Å². The van der Waals surface area contributed by atoms with Crippen molar-refractivity contribution in [2.75, 3.05) is 36.0 Å². The maximum absolute atomic E-state index is 13.1. The van der Waals surface area contributed by atoms with Gasteiger partial charge in [0.1, 0.15) is 5.82 Å². The number of carbonyl (C=O) groups is 1. The van der Waals surface area contributed by atoms with E-state index in [4.69, 9.17) is 9.97 Å². The van der Waals surface area contributed by atoms with Gasteiger partial charge in [0.15, 0.2) is 0 Å². The van der Waals surface area contributed by atoms with Crippen molar-refractivity contribution in [1.82, 2.24) is 14.9 Å². The molecular weight excluding hydrogens is 430 g/mol. The molecule has 5 heterocycles. The van der Waals surface area contributed by atoms with Gasteiger partial charge >= 0.3 is 0 Å². The molecule has 0 N–H and O–H groups in total. The Morgan fingerprint density at radius 2 is 1.67 bits per heavy atom. The number of anilines is 2. The first-order valence-electron chi connectivity index (χ1n) is 12.1. The molecule has 6 rings (SSSR count). The van der Waals surface area contributed by atoms with Crippen molar-refractivity contribution in [2.45, 2.75) is 45.2 Å². The summed E-state index contributed by atoms with van der Waals surface area (Å²) >= 11 is 1.51. The highest BCUT2D eigenvalue weighted by atomic mass is 32.1. The van der Waals surface area contributed by atoms with Gasteiger partial charge in [0.05, 0.1) is 17.1 Å². The Labute approximate surface area is 198 Å². The van der Waals surface area contributed by atoms with Crippen LogP contribution in [-0.2, 0) is 25.9 Å². The van der Waals surface area contributed by atoms with Crippen LogP contribution in [0.15, 0.2) is 41.8 Å². The second-order valence-electron chi connectivity index (χ2n) is 9.21. The Kier molecular flexibility index (Phi) is 5.50. The predicted molar refractivity (Wildman–Crippen MR) is 132 cm³/mol. The highest BCUT2D eigenvalue weighted by molar-refractivity contribution is 7.12. The molecule has 0 saturated carbocycles. The molecule has 3 aliphatic rings. The van der Waals surface area contributed by atoms with Gasteiger partial charge in [-0.15, -0.1) is 11.3 Å². The van der Waals surface area contributed by atoms with Crippen LogP contribution in [0, 0.1) is 0 Å². The van der Waals surface area contributed by atoms with Gasteiger partial charge in [-0.25, -0.2) is 4.98 Å². The molecule has 3 aromatic rings. The number of hydrogen-bond donors (Lipinski definition) is 0. The van der Waals surface area contributed by atoms with E-state index in [1.165, 1.54) is 41.7 Å². The van der Waals surface area contributed by atoms with E-state index >= 15 is 0 Å². The standard InChI is InChI=1S/C26H29N5OS/c32-25(23-9-6-16-33-23)30-15-11-22-21(18-30)24(29-12-4-1-5-13-29)28-26(27-22)31-14-10-19-7-2-3-8-20(19)17-31/h2-3,6-9,16H,1,4-5,10-15,17-18H2. The largest absolute Gasteiger partial charge is 0.356 e. The van der Waals surface area contributed by atoms with Crippen LogP contribution in [0.25, 0.3) is 0 Å². The molecule has 6 nitrogen and oxygen atoms in total. The van der Waals surface area contributed by atoms with Crippen LogP contribution in [0.4, 0.5) is 11.8 Å². The van der Waals surface area contributed by atoms with Crippen molar-refractivity contribution in [3.63, 3.8) is 0 Å². The van der Waals surface area contributed by atoms with E-state index in [1.807, 2.05) is 22.4 Å². The third-order valence-corrected chi connectivity index (χ3v) is 7.97. The third kappa shape index (κ3) is 3.99. The summed E-state index contributed by atoms with van der Waals surface area (Å²) in [5, 5.41) is 1.97. The Morgan fingerprint density at radius 1 is 0.818 bits per heavy atom. The van der Waals surface area contributed by atoms with Crippen molar-refractivity contribution in [2.24, 2.45) is 0 Å². The Balaban J connectivity index is 1.34. The minimum Gasteiger partial charge on any atom is -0.356 e. The fourth-order valence-corrected chi connectivity index (χ4v) is 5.98. The summed E-state index contributed by atoms with van der Waals surface area (Å²) in [7, 11) is 0. The van der Waals surface area contributed by atoms with E-state index < -0.39 is 0 Å². The molecule has 2 aromatic heterocycles. The zero-order chi connectivity index (χ0) is 22.2. The van der Waals surface area contributed by atoms with Gasteiger partial charge in [0, 0.05) is 44.7 Å². The molecule has 33 heavy (non-hydrogen) atoms. The van der Waals surface area contributed by atoms with E-state index in [0.29, 0.717) is 13.1 Å². The first-order chi connectivity index (χ1) is 16.3. The average molecular weight is 460 g/mol. The molecule has 0 spiro atoms. The number of nitrogens with zero attached hydrogens (tertiary/aromatic N) is 5. The van der Waals surface area contributed by atoms with Crippen LogP contribution in [0.3, 0.4) is 0 Å². The first-order valence-corrected chi connectivity index (χ1v) is 12.9. The van der Waals surface area contributed by atoms with Crippen molar-refractivity contribution >= 4 is 29.0 Å². The summed E-state index contributed by atoms with van der Waals surface area (Å²) in [6, 6.07) is 12.6. The highest BCUT2D eigenvalue weighted by Gasteiger charge is 2.30. The number of benzene rings is 1. The SMILES string of the molecule is O=C(c1cccs1)N1CCc2nc(N3CCc4ccccc4C3)nc(N3CCCCC3)c2C1. The lowest BCUT2D eigenvalue weighted by molar-refractivity contribution is 0.0738. The van der Waals surface area contributed by atoms with E-state index in [9.17, 15) is 4.79 Å². The first kappa shape index (κ1) is 20.7. The second-order valence-corrected chi connectivity index (χ2v) is 10.2. The highest BCUT2D eigenvalue weighted by Crippen LogP contribution is 2.33. The maximum atomic E-state index is 13.1. The summed E-state index contributed by atoms with van der Waals surface area (Å²) in [5.74, 6) is 2.02. The lowest BCUT2D eigenvalue weighted by Gasteiger charge is -2.36. The lowest BCUT2D eigenvalue weighted by atomic mass is 10.00. The molecular formula is C26H29N5OS. The summed E-state index contributed by atoms with van der Waals surface area (Å²) in [4.78, 5) is 30.9. The number of aromatic nitrogens is 2. The van der Waals surface area contributed by atoms with E-state index in [-0.39, 0.29) is 5.91 Å². The molecule has 3 aliphatic heterocycles. The van der Waals surface area contributed by atoms with Crippen LogP contribution in [0.2, 0.25) is 0 Å². The number of piperidine rings is 1. The Bertz CT molecular complexity index is 1160.